The molecule has 0 unspecified atom stereocenters. The molecule has 0 fully saturated rings. The van der Waals surface area contributed by atoms with E-state index in [9.17, 15) is 0 Å². The first-order chi connectivity index (χ1) is 14.4. The topological polar surface area (TPSA) is 58.1 Å². The third kappa shape index (κ3) is 5.00. The number of aliphatic imine (C=N–C) groups is 1. The molecule has 0 radical (unpaired) electrons. The van der Waals surface area contributed by atoms with Crippen molar-refractivity contribution in [3.63, 3.8) is 0 Å². The number of nitrogens with zero attached hydrogens (tertiary/aromatic N) is 6. The number of hydrazone groups is 1. The third-order valence-electron chi connectivity index (χ3n) is 4.87. The van der Waals surface area contributed by atoms with E-state index in [1.165, 1.54) is 0 Å². The molecule has 30 heavy (non-hydrogen) atoms. The Morgan fingerprint density at radius 3 is 2.77 bits per heavy atom. The molecule has 3 rings (SSSR count). The van der Waals surface area contributed by atoms with Crippen molar-refractivity contribution in [3.8, 4) is 0 Å². The molecule has 0 aliphatic carbocycles. The first kappa shape index (κ1) is 21.4. The lowest BCUT2D eigenvalue weighted by atomic mass is 10.1. The Kier molecular flexibility index (Phi) is 6.77. The minimum atomic E-state index is 0.649. The van der Waals surface area contributed by atoms with Crippen LogP contribution in [-0.2, 0) is 7.05 Å². The van der Waals surface area contributed by atoms with Crippen molar-refractivity contribution < 1.29 is 0 Å². The van der Waals surface area contributed by atoms with E-state index in [4.69, 9.17) is 10.1 Å². The smallest absolute Gasteiger partial charge is 0.146 e. The highest BCUT2D eigenvalue weighted by Crippen LogP contribution is 2.19. The summed E-state index contributed by atoms with van der Waals surface area (Å²) in [5, 5.41) is 7.58. The molecule has 0 atom stereocenters. The molecule has 6 nitrogen and oxygen atoms in total. The van der Waals surface area contributed by atoms with E-state index in [2.05, 4.69) is 35.6 Å². The summed E-state index contributed by atoms with van der Waals surface area (Å²) in [6.07, 6.45) is 10.6. The molecular weight excluding hydrogens is 372 g/mol. The molecule has 0 amide bonds. The van der Waals surface area contributed by atoms with E-state index in [0.29, 0.717) is 5.82 Å². The van der Waals surface area contributed by atoms with E-state index < -0.39 is 0 Å². The highest BCUT2D eigenvalue weighted by Gasteiger charge is 2.13. The average Bonchev–Trinajstić information content (AvgIpc) is 2.71. The summed E-state index contributed by atoms with van der Waals surface area (Å²) in [4.78, 5) is 13.9. The fraction of sp³-hybridized carbons (Fsp3) is 0.333. The molecule has 0 spiro atoms. The van der Waals surface area contributed by atoms with Gasteiger partial charge >= 0.3 is 0 Å². The summed E-state index contributed by atoms with van der Waals surface area (Å²) < 4.78 is 2.04. The average molecular weight is 403 g/mol. The molecule has 0 N–H and O–H groups in total. The summed E-state index contributed by atoms with van der Waals surface area (Å²) >= 11 is 0. The summed E-state index contributed by atoms with van der Waals surface area (Å²) in [7, 11) is 2.02. The van der Waals surface area contributed by atoms with Crippen molar-refractivity contribution in [3.05, 3.63) is 72.0 Å². The predicted octanol–water partition coefficient (Wildman–Crippen LogP) is 5.08. The Morgan fingerprint density at radius 1 is 1.23 bits per heavy atom. The number of pyridine rings is 2. The maximum atomic E-state index is 5.00. The Balaban J connectivity index is 1.84. The highest BCUT2D eigenvalue weighted by molar-refractivity contribution is 5.95. The highest BCUT2D eigenvalue weighted by atomic mass is 15.5. The fourth-order valence-electron chi connectivity index (χ4n) is 3.41. The number of hydrogen-bond donors (Lipinski definition) is 0. The summed E-state index contributed by atoms with van der Waals surface area (Å²) in [6.45, 7) is 12.2. The lowest BCUT2D eigenvalue weighted by Crippen LogP contribution is -2.20. The Labute approximate surface area is 178 Å². The van der Waals surface area contributed by atoms with E-state index >= 15 is 0 Å². The van der Waals surface area contributed by atoms with Crippen molar-refractivity contribution in [1.29, 1.82) is 0 Å². The second-order valence-electron chi connectivity index (χ2n) is 7.50. The van der Waals surface area contributed by atoms with Crippen molar-refractivity contribution in [2.75, 3.05) is 0 Å². The molecule has 3 heterocycles. The summed E-state index contributed by atoms with van der Waals surface area (Å²) in [5.41, 5.74) is 5.91. The first-order valence-corrected chi connectivity index (χ1v) is 10.3. The van der Waals surface area contributed by atoms with Crippen LogP contribution in [-0.4, -0.2) is 26.0 Å². The molecule has 2 aromatic rings. The van der Waals surface area contributed by atoms with Gasteiger partial charge in [0.15, 0.2) is 0 Å². The van der Waals surface area contributed by atoms with Crippen LogP contribution >= 0.6 is 0 Å². The van der Waals surface area contributed by atoms with Gasteiger partial charge in [0.25, 0.3) is 0 Å². The van der Waals surface area contributed by atoms with Gasteiger partial charge in [-0.2, -0.15) is 5.10 Å². The molecule has 6 heteroatoms. The molecule has 0 saturated heterocycles. The lowest BCUT2D eigenvalue weighted by Gasteiger charge is -2.23. The van der Waals surface area contributed by atoms with Crippen molar-refractivity contribution in [2.24, 2.45) is 22.1 Å². The molecule has 156 valence electrons. The van der Waals surface area contributed by atoms with E-state index in [1.807, 2.05) is 63.0 Å². The van der Waals surface area contributed by atoms with Gasteiger partial charge in [-0.05, 0) is 64.3 Å². The summed E-state index contributed by atoms with van der Waals surface area (Å²) in [6, 6.07) is 6.03. The van der Waals surface area contributed by atoms with E-state index in [1.54, 1.807) is 5.01 Å². The quantitative estimate of drug-likeness (QED) is 0.633. The van der Waals surface area contributed by atoms with Crippen LogP contribution in [0.25, 0.3) is 10.9 Å². The third-order valence-corrected chi connectivity index (χ3v) is 4.87. The molecule has 1 aliphatic rings. The van der Waals surface area contributed by atoms with Gasteiger partial charge in [-0.1, -0.05) is 19.6 Å². The lowest BCUT2D eigenvalue weighted by molar-refractivity contribution is 0.447. The van der Waals surface area contributed by atoms with E-state index in [-0.39, 0.29) is 0 Å². The van der Waals surface area contributed by atoms with Gasteiger partial charge in [-0.25, -0.2) is 15.0 Å². The zero-order valence-corrected chi connectivity index (χ0v) is 18.6. The second-order valence-corrected chi connectivity index (χ2v) is 7.50. The maximum Gasteiger partial charge on any atom is 0.146 e. The van der Waals surface area contributed by atoms with Crippen LogP contribution in [0.5, 0.6) is 0 Å². The van der Waals surface area contributed by atoms with Crippen LogP contribution in [0, 0.1) is 0 Å². The minimum absolute atomic E-state index is 0.649. The van der Waals surface area contributed by atoms with Crippen molar-refractivity contribution in [1.82, 2.24) is 14.6 Å². The Bertz CT molecular complexity index is 1140. The number of rotatable bonds is 6. The monoisotopic (exact) mass is 402 g/mol. The summed E-state index contributed by atoms with van der Waals surface area (Å²) in [5.74, 6) is 0.649. The molecule has 0 saturated carbocycles. The number of aryl methyl sites for hydroxylation is 1. The normalized spacial score (nSPS) is 16.2. The first-order valence-electron chi connectivity index (χ1n) is 10.3. The van der Waals surface area contributed by atoms with Crippen LogP contribution < -0.4 is 5.49 Å². The van der Waals surface area contributed by atoms with Gasteiger partial charge in [-0.15, -0.1) is 0 Å². The van der Waals surface area contributed by atoms with Crippen LogP contribution in [0.1, 0.15) is 47.0 Å². The second kappa shape index (κ2) is 9.48. The number of allylic oxidation sites excluding steroid dienone is 4. The molecule has 0 aromatic carbocycles. The number of fused-ring (bicyclic) bond motifs is 1. The molecular formula is C24H30N6. The zero-order chi connectivity index (χ0) is 21.7. The zero-order valence-electron chi connectivity index (χ0n) is 18.6. The fourth-order valence-corrected chi connectivity index (χ4v) is 3.41. The van der Waals surface area contributed by atoms with Gasteiger partial charge in [-0.3, -0.25) is 4.98 Å². The Morgan fingerprint density at radius 2 is 2.03 bits per heavy atom. The molecule has 1 aliphatic heterocycles. The van der Waals surface area contributed by atoms with Crippen LogP contribution in [0.2, 0.25) is 0 Å². The molecule has 2 aromatic heterocycles. The van der Waals surface area contributed by atoms with Gasteiger partial charge in [0, 0.05) is 47.6 Å². The van der Waals surface area contributed by atoms with Crippen LogP contribution in [0.3, 0.4) is 0 Å². The van der Waals surface area contributed by atoms with Crippen molar-refractivity contribution in [2.45, 2.75) is 47.0 Å². The minimum Gasteiger partial charge on any atom is -0.335 e. The van der Waals surface area contributed by atoms with Gasteiger partial charge in [0.05, 0.1) is 5.52 Å². The number of hydrogen-bond acceptors (Lipinski definition) is 5. The molecule has 0 bridgehead atoms. The SMILES string of the molecule is C=C1N=C(C)C=C(C)N1/N=C(\C)CC/C(=C/CC)N=c1c2cccnc2ccn1C. The van der Waals surface area contributed by atoms with E-state index in [0.717, 1.165) is 58.5 Å². The van der Waals surface area contributed by atoms with Crippen LogP contribution in [0.4, 0.5) is 0 Å². The number of aromatic nitrogens is 2. The van der Waals surface area contributed by atoms with Crippen molar-refractivity contribution >= 4 is 22.3 Å². The predicted molar refractivity (Wildman–Crippen MR) is 125 cm³/mol. The largest absolute Gasteiger partial charge is 0.335 e. The standard InChI is InChI=1S/C24H30N6/c1-7-9-21(27-24-22-10-8-14-25-23(22)13-15-29(24)6)12-11-17(2)28-30-19(4)16-18(3)26-20(30)5/h8-10,13-16H,5,7,11-12H2,1-4,6H3/b21-9-,27-24?,28-17+. The van der Waals surface area contributed by atoms with Gasteiger partial charge in [0.1, 0.15) is 11.3 Å². The maximum absolute atomic E-state index is 5.00. The Hall–Kier alpha value is -3.28. The van der Waals surface area contributed by atoms with Gasteiger partial charge in [0.2, 0.25) is 0 Å². The van der Waals surface area contributed by atoms with Crippen LogP contribution in [0.15, 0.2) is 81.6 Å². The van der Waals surface area contributed by atoms with Gasteiger partial charge < -0.3 is 4.57 Å².